The number of amides is 1. The van der Waals surface area contributed by atoms with E-state index >= 15 is 0 Å². The molecule has 1 unspecified atom stereocenters. The summed E-state index contributed by atoms with van der Waals surface area (Å²) in [6.45, 7) is -0.358. The van der Waals surface area contributed by atoms with Crippen molar-refractivity contribution in [3.8, 4) is 0 Å². The minimum atomic E-state index is -4.23. The third-order valence-electron chi connectivity index (χ3n) is 5.71. The third-order valence-corrected chi connectivity index (χ3v) is 5.71. The molecule has 1 heterocycles. The fourth-order valence-electron chi connectivity index (χ4n) is 4.03. The molecule has 0 aliphatic carbocycles. The third kappa shape index (κ3) is 6.69. The van der Waals surface area contributed by atoms with E-state index in [1.54, 1.807) is 0 Å². The van der Waals surface area contributed by atoms with E-state index in [9.17, 15) is 22.8 Å². The minimum absolute atomic E-state index is 0.126. The number of esters is 1. The number of ether oxygens (including phenoxy) is 1. The average Bonchev–Trinajstić information content (AvgIpc) is 2.75. The molecule has 0 aromatic heterocycles. The van der Waals surface area contributed by atoms with Crippen LogP contribution in [0.1, 0.15) is 18.4 Å². The molecule has 0 radical (unpaired) electrons. The Morgan fingerprint density at radius 2 is 1.81 bits per heavy atom. The first-order valence-electron chi connectivity index (χ1n) is 10.4. The Balaban J connectivity index is 1.55. The van der Waals surface area contributed by atoms with Gasteiger partial charge in [0.15, 0.2) is 0 Å². The van der Waals surface area contributed by atoms with Gasteiger partial charge in [-0.05, 0) is 48.7 Å². The number of fused-ring (bicyclic) bond motifs is 1. The summed E-state index contributed by atoms with van der Waals surface area (Å²) >= 11 is 0. The second-order valence-electron chi connectivity index (χ2n) is 8.02. The van der Waals surface area contributed by atoms with Crippen molar-refractivity contribution in [2.24, 2.45) is 11.8 Å². The van der Waals surface area contributed by atoms with Crippen LogP contribution >= 0.6 is 0 Å². The van der Waals surface area contributed by atoms with Gasteiger partial charge in [0.2, 0.25) is 5.91 Å². The number of methoxy groups -OCH3 is 1. The lowest BCUT2D eigenvalue weighted by Gasteiger charge is -2.31. The molecule has 1 aliphatic rings. The smallest absolute Gasteiger partial charge is 0.401 e. The van der Waals surface area contributed by atoms with Crippen molar-refractivity contribution in [1.29, 1.82) is 0 Å². The minimum Gasteiger partial charge on any atom is -0.469 e. The van der Waals surface area contributed by atoms with Crippen LogP contribution in [-0.4, -0.2) is 56.2 Å². The highest BCUT2D eigenvalue weighted by molar-refractivity contribution is 5.83. The summed E-state index contributed by atoms with van der Waals surface area (Å²) in [6.07, 6.45) is -3.07. The van der Waals surface area contributed by atoms with Gasteiger partial charge < -0.3 is 10.1 Å². The van der Waals surface area contributed by atoms with Crippen LogP contribution < -0.4 is 5.32 Å². The fraction of sp³-hybridized carbons (Fsp3) is 0.478. The van der Waals surface area contributed by atoms with Crippen LogP contribution in [0.2, 0.25) is 0 Å². The van der Waals surface area contributed by atoms with Gasteiger partial charge in [-0.15, -0.1) is 0 Å². The number of nitrogens with one attached hydrogen (secondary N) is 1. The Bertz CT molecular complexity index is 908. The first kappa shape index (κ1) is 23.1. The fourth-order valence-corrected chi connectivity index (χ4v) is 4.03. The highest BCUT2D eigenvalue weighted by Gasteiger charge is 2.34. The van der Waals surface area contributed by atoms with Gasteiger partial charge in [0.05, 0.1) is 19.6 Å². The van der Waals surface area contributed by atoms with E-state index in [2.05, 4.69) is 5.32 Å². The van der Waals surface area contributed by atoms with Crippen molar-refractivity contribution < 1.29 is 27.5 Å². The monoisotopic (exact) mass is 436 g/mol. The molecular formula is C23H27F3N2O3. The summed E-state index contributed by atoms with van der Waals surface area (Å²) in [5.41, 5.74) is 0.962. The standard InChI is InChI=1S/C23H27F3N2O3/c1-31-22(30)20(13-16-6-7-17-4-2-3-5-19(17)12-16)14-27-21(29)18-8-10-28(11-9-18)15-23(24,25)26/h2-7,12,18,20H,8-11,13-15H2,1H3,(H,27,29). The van der Waals surface area contributed by atoms with Gasteiger partial charge in [-0.1, -0.05) is 42.5 Å². The second kappa shape index (κ2) is 10.1. The lowest BCUT2D eigenvalue weighted by molar-refractivity contribution is -0.149. The summed E-state index contributed by atoms with van der Waals surface area (Å²) in [4.78, 5) is 26.1. The molecule has 168 valence electrons. The molecule has 1 fully saturated rings. The van der Waals surface area contributed by atoms with Gasteiger partial charge >= 0.3 is 12.1 Å². The number of halogens is 3. The van der Waals surface area contributed by atoms with E-state index in [1.807, 2.05) is 42.5 Å². The van der Waals surface area contributed by atoms with Crippen LogP contribution in [0.3, 0.4) is 0 Å². The first-order valence-corrected chi connectivity index (χ1v) is 10.4. The van der Waals surface area contributed by atoms with Gasteiger partial charge in [0, 0.05) is 12.5 Å². The summed E-state index contributed by atoms with van der Waals surface area (Å²) in [5, 5.41) is 4.98. The van der Waals surface area contributed by atoms with Crippen LogP contribution in [0.25, 0.3) is 10.8 Å². The Morgan fingerprint density at radius 1 is 1.13 bits per heavy atom. The molecule has 8 heteroatoms. The SMILES string of the molecule is COC(=O)C(CNC(=O)C1CCN(CC(F)(F)F)CC1)Cc1ccc2ccccc2c1. The van der Waals surface area contributed by atoms with Crippen molar-refractivity contribution in [2.45, 2.75) is 25.4 Å². The number of carbonyl (C=O) groups excluding carboxylic acids is 2. The van der Waals surface area contributed by atoms with E-state index < -0.39 is 24.6 Å². The predicted molar refractivity (Wildman–Crippen MR) is 111 cm³/mol. The zero-order chi connectivity index (χ0) is 22.4. The number of piperidine rings is 1. The molecule has 3 rings (SSSR count). The van der Waals surface area contributed by atoms with E-state index in [-0.39, 0.29) is 31.5 Å². The normalized spacial score (nSPS) is 16.8. The van der Waals surface area contributed by atoms with Crippen molar-refractivity contribution >= 4 is 22.6 Å². The van der Waals surface area contributed by atoms with E-state index in [1.165, 1.54) is 12.0 Å². The lowest BCUT2D eigenvalue weighted by atomic mass is 9.94. The number of likely N-dealkylation sites (tertiary alicyclic amines) is 1. The number of hydrogen-bond donors (Lipinski definition) is 1. The number of carbonyl (C=O) groups is 2. The topological polar surface area (TPSA) is 58.6 Å². The van der Waals surface area contributed by atoms with Crippen LogP contribution in [0.5, 0.6) is 0 Å². The number of rotatable bonds is 7. The summed E-state index contributed by atoms with van der Waals surface area (Å²) in [5.74, 6) is -1.52. The van der Waals surface area contributed by atoms with Crippen LogP contribution in [-0.2, 0) is 20.7 Å². The number of nitrogens with zero attached hydrogens (tertiary/aromatic N) is 1. The number of hydrogen-bond acceptors (Lipinski definition) is 4. The molecule has 2 aromatic carbocycles. The van der Waals surface area contributed by atoms with E-state index in [0.29, 0.717) is 19.3 Å². The molecule has 31 heavy (non-hydrogen) atoms. The highest BCUT2D eigenvalue weighted by Crippen LogP contribution is 2.23. The maximum absolute atomic E-state index is 12.5. The lowest BCUT2D eigenvalue weighted by Crippen LogP contribution is -2.45. The Morgan fingerprint density at radius 3 is 2.45 bits per heavy atom. The molecule has 2 aromatic rings. The highest BCUT2D eigenvalue weighted by atomic mass is 19.4. The summed E-state index contributed by atoms with van der Waals surface area (Å²) in [7, 11) is 1.31. The van der Waals surface area contributed by atoms with Gasteiger partial charge in [-0.25, -0.2) is 0 Å². The zero-order valence-electron chi connectivity index (χ0n) is 17.5. The summed E-state index contributed by atoms with van der Waals surface area (Å²) < 4.78 is 42.5. The number of benzene rings is 2. The Labute approximate surface area is 179 Å². The molecule has 1 N–H and O–H groups in total. The molecule has 1 aliphatic heterocycles. The van der Waals surface area contributed by atoms with Gasteiger partial charge in [-0.3, -0.25) is 14.5 Å². The molecule has 1 saturated heterocycles. The van der Waals surface area contributed by atoms with Gasteiger partial charge in [-0.2, -0.15) is 13.2 Å². The Kier molecular flexibility index (Phi) is 7.54. The molecule has 1 amide bonds. The van der Waals surface area contributed by atoms with E-state index in [4.69, 9.17) is 4.74 Å². The van der Waals surface area contributed by atoms with Gasteiger partial charge in [0.25, 0.3) is 0 Å². The van der Waals surface area contributed by atoms with Crippen molar-refractivity contribution in [1.82, 2.24) is 10.2 Å². The van der Waals surface area contributed by atoms with Crippen LogP contribution in [0.15, 0.2) is 42.5 Å². The molecule has 0 saturated carbocycles. The Hall–Kier alpha value is -2.61. The molecular weight excluding hydrogens is 409 g/mol. The quantitative estimate of drug-likeness (QED) is 0.675. The van der Waals surface area contributed by atoms with E-state index in [0.717, 1.165) is 16.3 Å². The first-order chi connectivity index (χ1) is 14.7. The molecule has 1 atom stereocenters. The zero-order valence-corrected chi connectivity index (χ0v) is 17.5. The maximum atomic E-state index is 12.5. The molecule has 0 bridgehead atoms. The van der Waals surface area contributed by atoms with Crippen molar-refractivity contribution in [3.05, 3.63) is 48.0 Å². The second-order valence-corrected chi connectivity index (χ2v) is 8.02. The largest absolute Gasteiger partial charge is 0.469 e. The van der Waals surface area contributed by atoms with Crippen LogP contribution in [0, 0.1) is 11.8 Å². The predicted octanol–water partition coefficient (Wildman–Crippen LogP) is 3.56. The van der Waals surface area contributed by atoms with Crippen molar-refractivity contribution in [3.63, 3.8) is 0 Å². The van der Waals surface area contributed by atoms with Gasteiger partial charge in [0.1, 0.15) is 0 Å². The number of alkyl halides is 3. The maximum Gasteiger partial charge on any atom is 0.401 e. The summed E-state index contributed by atoms with van der Waals surface area (Å²) in [6, 6.07) is 13.9. The average molecular weight is 436 g/mol. The molecule has 5 nitrogen and oxygen atoms in total. The van der Waals surface area contributed by atoms with Crippen LogP contribution in [0.4, 0.5) is 13.2 Å². The van der Waals surface area contributed by atoms with Crippen molar-refractivity contribution in [2.75, 3.05) is 33.3 Å². The molecule has 0 spiro atoms.